The van der Waals surface area contributed by atoms with E-state index in [1.54, 1.807) is 11.0 Å². The highest BCUT2D eigenvalue weighted by Gasteiger charge is 2.29. The normalized spacial score (nSPS) is 18.3. The molecule has 226 valence electrons. The Morgan fingerprint density at radius 1 is 1.00 bits per heavy atom. The van der Waals surface area contributed by atoms with Crippen LogP contribution in [0.3, 0.4) is 0 Å². The van der Waals surface area contributed by atoms with Gasteiger partial charge in [-0.2, -0.15) is 5.26 Å². The minimum absolute atomic E-state index is 0.105. The van der Waals surface area contributed by atoms with Gasteiger partial charge in [0.1, 0.15) is 36.5 Å². The lowest BCUT2D eigenvalue weighted by Crippen LogP contribution is -2.56. The van der Waals surface area contributed by atoms with Crippen molar-refractivity contribution in [1.29, 1.82) is 5.26 Å². The molecule has 5 heterocycles. The largest absolute Gasteiger partial charge is 0.489 e. The molecule has 11 nitrogen and oxygen atoms in total. The van der Waals surface area contributed by atoms with Crippen molar-refractivity contribution in [3.63, 3.8) is 0 Å². The summed E-state index contributed by atoms with van der Waals surface area (Å²) in [5, 5.41) is 19.9. The summed E-state index contributed by atoms with van der Waals surface area (Å²) in [4.78, 5) is 30.9. The van der Waals surface area contributed by atoms with Crippen molar-refractivity contribution in [2.24, 2.45) is 0 Å². The third-order valence-electron chi connectivity index (χ3n) is 9.02. The molecular formula is C33H35N7O4. The van der Waals surface area contributed by atoms with Crippen molar-refractivity contribution in [2.75, 3.05) is 64.0 Å². The predicted molar refractivity (Wildman–Crippen MR) is 165 cm³/mol. The van der Waals surface area contributed by atoms with E-state index in [-0.39, 0.29) is 12.0 Å². The third kappa shape index (κ3) is 5.59. The molecular weight excluding hydrogens is 558 g/mol. The van der Waals surface area contributed by atoms with Crippen LogP contribution in [0, 0.1) is 11.3 Å². The molecule has 0 radical (unpaired) electrons. The van der Waals surface area contributed by atoms with E-state index in [9.17, 15) is 10.1 Å². The minimum atomic E-state index is -0.480. The number of ether oxygens (including phenoxy) is 2. The number of hydrogen-bond donors (Lipinski definition) is 2. The van der Waals surface area contributed by atoms with E-state index in [2.05, 4.69) is 61.2 Å². The Morgan fingerprint density at radius 3 is 2.43 bits per heavy atom. The van der Waals surface area contributed by atoms with Gasteiger partial charge in [-0.15, -0.1) is 0 Å². The molecule has 3 saturated heterocycles. The number of likely N-dealkylation sites (tertiary alicyclic amines) is 1. The number of fused-ring (bicyclic) bond motifs is 1. The number of piperidine rings is 1. The minimum Gasteiger partial charge on any atom is -0.489 e. The maximum absolute atomic E-state index is 11.8. The Kier molecular flexibility index (Phi) is 7.87. The smallest absolute Gasteiger partial charge is 0.248 e. The molecule has 0 bridgehead atoms. The molecule has 0 aliphatic carbocycles. The van der Waals surface area contributed by atoms with Gasteiger partial charge in [0.15, 0.2) is 0 Å². The zero-order chi connectivity index (χ0) is 30.0. The first-order chi connectivity index (χ1) is 21.6. The second-order valence-electron chi connectivity index (χ2n) is 11.6. The van der Waals surface area contributed by atoms with Crippen LogP contribution in [0.5, 0.6) is 5.75 Å². The number of rotatable bonds is 7. The third-order valence-corrected chi connectivity index (χ3v) is 9.02. The topological polar surface area (TPSA) is 131 Å². The average molecular weight is 594 g/mol. The summed E-state index contributed by atoms with van der Waals surface area (Å²) >= 11 is 0. The molecule has 2 aromatic heterocycles. The van der Waals surface area contributed by atoms with Crippen LogP contribution in [0.15, 0.2) is 54.9 Å². The molecule has 0 spiro atoms. The molecule has 0 unspecified atom stereocenters. The maximum Gasteiger partial charge on any atom is 0.248 e. The van der Waals surface area contributed by atoms with Gasteiger partial charge in [0.05, 0.1) is 30.5 Å². The number of nitrogens with zero attached hydrogens (tertiary/aromatic N) is 6. The number of nitrogens with one attached hydrogen (secondary N) is 1. The van der Waals surface area contributed by atoms with Crippen LogP contribution >= 0.6 is 0 Å². The van der Waals surface area contributed by atoms with Gasteiger partial charge in [-0.25, -0.2) is 9.97 Å². The van der Waals surface area contributed by atoms with Gasteiger partial charge in [0.25, 0.3) is 0 Å². The molecule has 3 aliphatic rings. The van der Waals surface area contributed by atoms with Crippen molar-refractivity contribution in [3.05, 3.63) is 60.4 Å². The van der Waals surface area contributed by atoms with Gasteiger partial charge < -0.3 is 29.4 Å². The Morgan fingerprint density at radius 2 is 1.75 bits per heavy atom. The first kappa shape index (κ1) is 28.3. The summed E-state index contributed by atoms with van der Waals surface area (Å²) in [6, 6.07) is 19.1. The Labute approximate surface area is 255 Å². The molecule has 1 amide bonds. The lowest BCUT2D eigenvalue weighted by molar-refractivity contribution is -0.135. The van der Waals surface area contributed by atoms with Gasteiger partial charge >= 0.3 is 0 Å². The lowest BCUT2D eigenvalue weighted by atomic mass is 10.0. The standard InChI is InChI=1S/C33H35N7O4/c34-17-24-15-23(3-6-30(24)44-27-7-9-40(10-8-27)31(42)18-41)32-28-16-29(37-33(28)36-21-35-32)22-1-4-25(5-2-22)38-11-13-39(14-12-38)26-19-43-20-26/h1-6,15-16,21,26-27,41H,7-14,18-20H2,(H,35,36,37). The van der Waals surface area contributed by atoms with Crippen LogP contribution in [-0.4, -0.2) is 107 Å². The van der Waals surface area contributed by atoms with E-state index in [1.807, 2.05) is 12.1 Å². The van der Waals surface area contributed by atoms with Crippen LogP contribution in [0.25, 0.3) is 33.5 Å². The quantitative estimate of drug-likeness (QED) is 0.332. The van der Waals surface area contributed by atoms with E-state index in [0.717, 1.165) is 72.9 Å². The number of aromatic nitrogens is 3. The number of carbonyl (C=O) groups is 1. The zero-order valence-electron chi connectivity index (χ0n) is 24.5. The molecule has 0 atom stereocenters. The Bertz CT molecular complexity index is 1680. The second kappa shape index (κ2) is 12.2. The first-order valence-corrected chi connectivity index (χ1v) is 15.2. The molecule has 3 fully saturated rings. The number of amides is 1. The number of hydrogen-bond acceptors (Lipinski definition) is 9. The molecule has 2 aromatic carbocycles. The highest BCUT2D eigenvalue weighted by atomic mass is 16.5. The fourth-order valence-corrected chi connectivity index (χ4v) is 6.33. The summed E-state index contributed by atoms with van der Waals surface area (Å²) in [5.74, 6) is 0.248. The molecule has 11 heteroatoms. The van der Waals surface area contributed by atoms with Gasteiger partial charge in [-0.3, -0.25) is 9.69 Å². The summed E-state index contributed by atoms with van der Waals surface area (Å²) in [7, 11) is 0. The second-order valence-corrected chi connectivity index (χ2v) is 11.6. The van der Waals surface area contributed by atoms with E-state index < -0.39 is 6.61 Å². The SMILES string of the molecule is N#Cc1cc(-c2ncnc3[nH]c(-c4ccc(N5CCN(C6COC6)CC5)cc4)cc23)ccc1OC1CCN(C(=O)CO)CC1. The van der Waals surface area contributed by atoms with Crippen molar-refractivity contribution >= 4 is 22.6 Å². The number of piperazine rings is 1. The summed E-state index contributed by atoms with van der Waals surface area (Å²) in [5.41, 5.74) is 5.95. The number of nitriles is 1. The molecule has 0 saturated carbocycles. The first-order valence-electron chi connectivity index (χ1n) is 15.2. The average Bonchev–Trinajstić information content (AvgIpc) is 3.49. The Hall–Kier alpha value is -4.50. The van der Waals surface area contributed by atoms with Crippen LogP contribution in [-0.2, 0) is 9.53 Å². The highest BCUT2D eigenvalue weighted by Crippen LogP contribution is 2.33. The van der Waals surface area contributed by atoms with Crippen LogP contribution in [0.1, 0.15) is 18.4 Å². The highest BCUT2D eigenvalue weighted by molar-refractivity contribution is 5.94. The van der Waals surface area contributed by atoms with E-state index in [1.165, 1.54) is 12.0 Å². The van der Waals surface area contributed by atoms with Crippen molar-refractivity contribution in [2.45, 2.75) is 25.0 Å². The number of aliphatic hydroxyl groups excluding tert-OH is 1. The summed E-state index contributed by atoms with van der Waals surface area (Å²) < 4.78 is 11.5. The van der Waals surface area contributed by atoms with Crippen LogP contribution in [0.4, 0.5) is 5.69 Å². The van der Waals surface area contributed by atoms with Crippen molar-refractivity contribution < 1.29 is 19.4 Å². The molecule has 2 N–H and O–H groups in total. The molecule has 44 heavy (non-hydrogen) atoms. The van der Waals surface area contributed by atoms with Crippen LogP contribution in [0.2, 0.25) is 0 Å². The number of benzene rings is 2. The van der Waals surface area contributed by atoms with Crippen LogP contribution < -0.4 is 9.64 Å². The Balaban J connectivity index is 1.06. The fourth-order valence-electron chi connectivity index (χ4n) is 6.33. The molecule has 3 aliphatic heterocycles. The van der Waals surface area contributed by atoms with Gasteiger partial charge in [0.2, 0.25) is 5.91 Å². The van der Waals surface area contributed by atoms with E-state index in [0.29, 0.717) is 43.3 Å². The molecule has 7 rings (SSSR count). The number of H-pyrrole nitrogens is 1. The number of aromatic amines is 1. The predicted octanol–water partition coefficient (Wildman–Crippen LogP) is 3.05. The van der Waals surface area contributed by atoms with E-state index >= 15 is 0 Å². The monoisotopic (exact) mass is 593 g/mol. The number of aliphatic hydroxyl groups is 1. The summed E-state index contributed by atoms with van der Waals surface area (Å²) in [6.45, 7) is 6.45. The van der Waals surface area contributed by atoms with Gasteiger partial charge in [-0.05, 0) is 42.0 Å². The van der Waals surface area contributed by atoms with Crippen molar-refractivity contribution in [1.82, 2.24) is 24.8 Å². The maximum atomic E-state index is 11.8. The van der Waals surface area contributed by atoms with Gasteiger partial charge in [-0.1, -0.05) is 12.1 Å². The fraction of sp³-hybridized carbons (Fsp3) is 0.394. The number of anilines is 1. The zero-order valence-corrected chi connectivity index (χ0v) is 24.5. The van der Waals surface area contributed by atoms with Gasteiger partial charge in [0, 0.05) is 74.4 Å². The lowest BCUT2D eigenvalue weighted by Gasteiger charge is -2.43. The van der Waals surface area contributed by atoms with Crippen molar-refractivity contribution in [3.8, 4) is 34.3 Å². The molecule has 4 aromatic rings. The summed E-state index contributed by atoms with van der Waals surface area (Å²) in [6.07, 6.45) is 2.72. The number of carbonyl (C=O) groups excluding carboxylic acids is 1. The van der Waals surface area contributed by atoms with E-state index in [4.69, 9.17) is 14.6 Å².